The maximum Gasteiger partial charge on any atom is 0.258 e. The number of hydrogen-bond acceptors (Lipinski definition) is 5. The maximum atomic E-state index is 11.4. The van der Waals surface area contributed by atoms with Gasteiger partial charge in [0.15, 0.2) is 6.61 Å². The van der Waals surface area contributed by atoms with Crippen molar-refractivity contribution in [2.24, 2.45) is 5.16 Å². The maximum absolute atomic E-state index is 11.4. The SMILES string of the molecule is COCCNC(=O)COc1ccc(/C(C)=N/O)cc1. The van der Waals surface area contributed by atoms with Crippen molar-refractivity contribution in [3.8, 4) is 5.75 Å². The molecule has 1 amide bonds. The summed E-state index contributed by atoms with van der Waals surface area (Å²) in [6, 6.07) is 6.94. The standard InChI is InChI=1S/C13H18N2O4/c1-10(15-17)11-3-5-12(6-4-11)19-9-13(16)14-7-8-18-2/h3-6,17H,7-9H2,1-2H3,(H,14,16)/b15-10+. The van der Waals surface area contributed by atoms with E-state index in [1.165, 1.54) is 0 Å². The Kier molecular flexibility index (Phi) is 6.38. The minimum Gasteiger partial charge on any atom is -0.484 e. The highest BCUT2D eigenvalue weighted by Gasteiger charge is 2.03. The van der Waals surface area contributed by atoms with Gasteiger partial charge < -0.3 is 20.0 Å². The van der Waals surface area contributed by atoms with Gasteiger partial charge in [0.1, 0.15) is 5.75 Å². The molecule has 2 N–H and O–H groups in total. The molecule has 0 aliphatic heterocycles. The fourth-order valence-electron chi connectivity index (χ4n) is 1.34. The van der Waals surface area contributed by atoms with Crippen molar-refractivity contribution in [1.29, 1.82) is 0 Å². The van der Waals surface area contributed by atoms with Crippen molar-refractivity contribution in [2.45, 2.75) is 6.92 Å². The smallest absolute Gasteiger partial charge is 0.258 e. The van der Waals surface area contributed by atoms with E-state index in [4.69, 9.17) is 14.7 Å². The van der Waals surface area contributed by atoms with Gasteiger partial charge in [-0.15, -0.1) is 0 Å². The fraction of sp³-hybridized carbons (Fsp3) is 0.385. The van der Waals surface area contributed by atoms with Crippen molar-refractivity contribution < 1.29 is 19.5 Å². The summed E-state index contributed by atoms with van der Waals surface area (Å²) in [5.74, 6) is 0.380. The first-order chi connectivity index (χ1) is 9.17. The van der Waals surface area contributed by atoms with Gasteiger partial charge in [-0.3, -0.25) is 4.79 Å². The van der Waals surface area contributed by atoms with Crippen molar-refractivity contribution in [1.82, 2.24) is 5.32 Å². The van der Waals surface area contributed by atoms with Crippen LogP contribution in [0, 0.1) is 0 Å². The van der Waals surface area contributed by atoms with Crippen LogP contribution in [0.5, 0.6) is 5.75 Å². The van der Waals surface area contributed by atoms with Crippen LogP contribution in [0.25, 0.3) is 0 Å². The molecule has 0 saturated carbocycles. The van der Waals surface area contributed by atoms with Gasteiger partial charge >= 0.3 is 0 Å². The van der Waals surface area contributed by atoms with Gasteiger partial charge in [0, 0.05) is 13.7 Å². The van der Waals surface area contributed by atoms with Crippen LogP contribution in [0.15, 0.2) is 29.4 Å². The van der Waals surface area contributed by atoms with Gasteiger partial charge in [-0.25, -0.2) is 0 Å². The topological polar surface area (TPSA) is 80.2 Å². The molecule has 0 saturated heterocycles. The minimum atomic E-state index is -0.200. The lowest BCUT2D eigenvalue weighted by atomic mass is 10.1. The molecule has 0 aliphatic carbocycles. The molecule has 1 rings (SSSR count). The average molecular weight is 266 g/mol. The van der Waals surface area contributed by atoms with Crippen LogP contribution in [-0.2, 0) is 9.53 Å². The van der Waals surface area contributed by atoms with Gasteiger partial charge in [-0.05, 0) is 36.8 Å². The lowest BCUT2D eigenvalue weighted by Gasteiger charge is -2.07. The first-order valence-electron chi connectivity index (χ1n) is 5.85. The van der Waals surface area contributed by atoms with E-state index in [0.29, 0.717) is 24.6 Å². The third-order valence-electron chi connectivity index (χ3n) is 2.42. The van der Waals surface area contributed by atoms with Crippen LogP contribution in [0.4, 0.5) is 0 Å². The van der Waals surface area contributed by atoms with Crippen LogP contribution in [-0.4, -0.2) is 43.7 Å². The second-order valence-electron chi connectivity index (χ2n) is 3.84. The van der Waals surface area contributed by atoms with Crippen molar-refractivity contribution >= 4 is 11.6 Å². The van der Waals surface area contributed by atoms with Gasteiger partial charge in [-0.2, -0.15) is 0 Å². The number of rotatable bonds is 7. The van der Waals surface area contributed by atoms with Crippen molar-refractivity contribution in [2.75, 3.05) is 26.9 Å². The van der Waals surface area contributed by atoms with Gasteiger partial charge in [0.05, 0.1) is 12.3 Å². The molecule has 0 heterocycles. The average Bonchev–Trinajstić information content (AvgIpc) is 2.45. The number of nitrogens with zero attached hydrogens (tertiary/aromatic N) is 1. The monoisotopic (exact) mass is 266 g/mol. The Balaban J connectivity index is 2.39. The number of carbonyl (C=O) groups is 1. The van der Waals surface area contributed by atoms with E-state index in [1.807, 2.05) is 0 Å². The first kappa shape index (κ1) is 15.0. The van der Waals surface area contributed by atoms with Crippen LogP contribution in [0.2, 0.25) is 0 Å². The van der Waals surface area contributed by atoms with Crippen molar-refractivity contribution in [3.05, 3.63) is 29.8 Å². The molecule has 0 spiro atoms. The predicted molar refractivity (Wildman–Crippen MR) is 70.8 cm³/mol. The third-order valence-corrected chi connectivity index (χ3v) is 2.42. The number of methoxy groups -OCH3 is 1. The summed E-state index contributed by atoms with van der Waals surface area (Å²) < 4.78 is 10.1. The summed E-state index contributed by atoms with van der Waals surface area (Å²) >= 11 is 0. The minimum absolute atomic E-state index is 0.0455. The van der Waals surface area contributed by atoms with Gasteiger partial charge in [-0.1, -0.05) is 5.16 Å². The molecule has 0 aromatic heterocycles. The zero-order valence-corrected chi connectivity index (χ0v) is 11.0. The summed E-state index contributed by atoms with van der Waals surface area (Å²) in [4.78, 5) is 11.4. The summed E-state index contributed by atoms with van der Waals surface area (Å²) in [5.41, 5.74) is 1.31. The van der Waals surface area contributed by atoms with Crippen LogP contribution >= 0.6 is 0 Å². The quantitative estimate of drug-likeness (QED) is 0.334. The number of amides is 1. The molecule has 0 atom stereocenters. The molecule has 1 aromatic rings. The number of nitrogens with one attached hydrogen (secondary N) is 1. The Bertz CT molecular complexity index is 429. The largest absolute Gasteiger partial charge is 0.484 e. The van der Waals surface area contributed by atoms with E-state index >= 15 is 0 Å². The summed E-state index contributed by atoms with van der Waals surface area (Å²) in [5, 5.41) is 14.4. The van der Waals surface area contributed by atoms with Crippen molar-refractivity contribution in [3.63, 3.8) is 0 Å². The molecular weight excluding hydrogens is 248 g/mol. The van der Waals surface area contributed by atoms with Crippen LogP contribution < -0.4 is 10.1 Å². The summed E-state index contributed by atoms with van der Waals surface area (Å²) in [6.07, 6.45) is 0. The molecule has 6 nitrogen and oxygen atoms in total. The highest BCUT2D eigenvalue weighted by molar-refractivity contribution is 5.98. The first-order valence-corrected chi connectivity index (χ1v) is 5.85. The zero-order chi connectivity index (χ0) is 14.1. The number of carbonyl (C=O) groups excluding carboxylic acids is 1. The molecule has 0 unspecified atom stereocenters. The summed E-state index contributed by atoms with van der Waals surface area (Å²) in [6.45, 7) is 2.58. The molecule has 1 aromatic carbocycles. The second-order valence-corrected chi connectivity index (χ2v) is 3.84. The predicted octanol–water partition coefficient (Wildman–Crippen LogP) is 1.03. The van der Waals surface area contributed by atoms with Gasteiger partial charge in [0.2, 0.25) is 0 Å². The lowest BCUT2D eigenvalue weighted by molar-refractivity contribution is -0.123. The molecule has 19 heavy (non-hydrogen) atoms. The molecular formula is C13H18N2O4. The molecule has 0 fully saturated rings. The highest BCUT2D eigenvalue weighted by atomic mass is 16.5. The van der Waals surface area contributed by atoms with Crippen LogP contribution in [0.3, 0.4) is 0 Å². The van der Waals surface area contributed by atoms with E-state index in [9.17, 15) is 4.79 Å². The second kappa shape index (κ2) is 8.10. The van der Waals surface area contributed by atoms with Crippen LogP contribution in [0.1, 0.15) is 12.5 Å². The van der Waals surface area contributed by atoms with E-state index in [0.717, 1.165) is 5.56 Å². The Hall–Kier alpha value is -2.08. The fourth-order valence-corrected chi connectivity index (χ4v) is 1.34. The van der Waals surface area contributed by atoms with E-state index in [1.54, 1.807) is 38.3 Å². The number of ether oxygens (including phenoxy) is 2. The Labute approximate surface area is 112 Å². The van der Waals surface area contributed by atoms with Gasteiger partial charge in [0.25, 0.3) is 5.91 Å². The van der Waals surface area contributed by atoms with E-state index in [2.05, 4.69) is 10.5 Å². The number of hydrogen-bond donors (Lipinski definition) is 2. The lowest BCUT2D eigenvalue weighted by Crippen LogP contribution is -2.31. The Morgan fingerprint density at radius 2 is 2.05 bits per heavy atom. The molecule has 6 heteroatoms. The number of oxime groups is 1. The number of benzene rings is 1. The molecule has 0 aliphatic rings. The highest BCUT2D eigenvalue weighted by Crippen LogP contribution is 2.12. The Morgan fingerprint density at radius 1 is 1.37 bits per heavy atom. The molecule has 0 radical (unpaired) electrons. The molecule has 104 valence electrons. The molecule has 0 bridgehead atoms. The normalized spacial score (nSPS) is 11.2. The third kappa shape index (κ3) is 5.39. The Morgan fingerprint density at radius 3 is 2.63 bits per heavy atom. The van der Waals surface area contributed by atoms with E-state index in [-0.39, 0.29) is 12.5 Å². The zero-order valence-electron chi connectivity index (χ0n) is 11.0. The van der Waals surface area contributed by atoms with E-state index < -0.39 is 0 Å². The summed E-state index contributed by atoms with van der Waals surface area (Å²) in [7, 11) is 1.57.